The van der Waals surface area contributed by atoms with Crippen LogP contribution < -0.4 is 10.6 Å². The maximum absolute atomic E-state index is 11.1. The van der Waals surface area contributed by atoms with E-state index in [0.717, 1.165) is 16.9 Å². The summed E-state index contributed by atoms with van der Waals surface area (Å²) in [6.45, 7) is 0.618. The topological polar surface area (TPSA) is 78.4 Å². The maximum atomic E-state index is 11.1. The zero-order valence-electron chi connectivity index (χ0n) is 9.32. The van der Waals surface area contributed by atoms with Crippen LogP contribution in [0.4, 0.5) is 11.4 Å². The first-order valence-corrected chi connectivity index (χ1v) is 5.53. The molecule has 1 aromatic rings. The molecule has 0 aliphatic carbocycles. The number of carbonyl (C=O) groups is 2. The molecule has 1 aliphatic heterocycles. The number of carbonyl (C=O) groups excluding carboxylic acids is 1. The van der Waals surface area contributed by atoms with E-state index in [2.05, 4.69) is 10.6 Å². The van der Waals surface area contributed by atoms with Crippen LogP contribution in [0.25, 0.3) is 0 Å². The molecule has 90 valence electrons. The first-order valence-electron chi connectivity index (χ1n) is 5.53. The standard InChI is InChI=1S/C12H14N2O3/c15-11-7-8-6-9(3-4-10(8)14-11)13-5-1-2-12(16)17/h3-4,6,13H,1-2,5,7H2,(H,14,15)(H,16,17). The molecule has 0 fully saturated rings. The highest BCUT2D eigenvalue weighted by molar-refractivity contribution is 5.99. The van der Waals surface area contributed by atoms with Gasteiger partial charge in [-0.1, -0.05) is 0 Å². The van der Waals surface area contributed by atoms with Gasteiger partial charge in [-0.15, -0.1) is 0 Å². The number of rotatable bonds is 5. The average Bonchev–Trinajstić information content (AvgIpc) is 2.63. The van der Waals surface area contributed by atoms with E-state index in [1.165, 1.54) is 0 Å². The van der Waals surface area contributed by atoms with Crippen molar-refractivity contribution in [3.05, 3.63) is 23.8 Å². The summed E-state index contributed by atoms with van der Waals surface area (Å²) in [4.78, 5) is 21.5. The number of aliphatic carboxylic acids is 1. The minimum Gasteiger partial charge on any atom is -0.481 e. The third-order valence-electron chi connectivity index (χ3n) is 2.63. The molecule has 0 unspecified atom stereocenters. The fraction of sp³-hybridized carbons (Fsp3) is 0.333. The van der Waals surface area contributed by atoms with Crippen molar-refractivity contribution in [2.24, 2.45) is 0 Å². The quantitative estimate of drug-likeness (QED) is 0.674. The highest BCUT2D eigenvalue weighted by atomic mass is 16.4. The molecule has 1 aliphatic rings. The van der Waals surface area contributed by atoms with Crippen molar-refractivity contribution < 1.29 is 14.7 Å². The van der Waals surface area contributed by atoms with E-state index < -0.39 is 5.97 Å². The van der Waals surface area contributed by atoms with Crippen molar-refractivity contribution in [2.45, 2.75) is 19.3 Å². The fourth-order valence-corrected chi connectivity index (χ4v) is 1.81. The Hall–Kier alpha value is -2.04. The molecule has 0 spiro atoms. The Bertz CT molecular complexity index is 457. The van der Waals surface area contributed by atoms with Gasteiger partial charge in [-0.3, -0.25) is 9.59 Å². The van der Waals surface area contributed by atoms with Gasteiger partial charge in [0.1, 0.15) is 0 Å². The molecular formula is C12H14N2O3. The van der Waals surface area contributed by atoms with Crippen LogP contribution in [-0.4, -0.2) is 23.5 Å². The predicted octanol–water partition coefficient (Wildman–Crippen LogP) is 1.46. The monoisotopic (exact) mass is 234 g/mol. The van der Waals surface area contributed by atoms with E-state index >= 15 is 0 Å². The van der Waals surface area contributed by atoms with Crippen LogP contribution in [0.15, 0.2) is 18.2 Å². The van der Waals surface area contributed by atoms with Gasteiger partial charge in [-0.25, -0.2) is 0 Å². The van der Waals surface area contributed by atoms with Gasteiger partial charge in [0, 0.05) is 24.3 Å². The van der Waals surface area contributed by atoms with E-state index in [0.29, 0.717) is 19.4 Å². The van der Waals surface area contributed by atoms with Crippen molar-refractivity contribution in [2.75, 3.05) is 17.2 Å². The van der Waals surface area contributed by atoms with Crippen LogP contribution >= 0.6 is 0 Å². The lowest BCUT2D eigenvalue weighted by Crippen LogP contribution is -2.04. The van der Waals surface area contributed by atoms with Crippen LogP contribution in [0.2, 0.25) is 0 Å². The molecule has 5 nitrogen and oxygen atoms in total. The van der Waals surface area contributed by atoms with E-state index in [9.17, 15) is 9.59 Å². The second-order valence-corrected chi connectivity index (χ2v) is 4.02. The molecule has 0 bridgehead atoms. The number of carboxylic acid groups (broad SMARTS) is 1. The lowest BCUT2D eigenvalue weighted by molar-refractivity contribution is -0.137. The number of fused-ring (bicyclic) bond motifs is 1. The minimum absolute atomic E-state index is 0.0167. The van der Waals surface area contributed by atoms with Crippen molar-refractivity contribution >= 4 is 23.3 Å². The lowest BCUT2D eigenvalue weighted by Gasteiger charge is -2.07. The summed E-state index contributed by atoms with van der Waals surface area (Å²) in [6.07, 6.45) is 1.17. The molecular weight excluding hydrogens is 220 g/mol. The van der Waals surface area contributed by atoms with Gasteiger partial charge in [0.05, 0.1) is 6.42 Å². The van der Waals surface area contributed by atoms with Crippen molar-refractivity contribution in [3.8, 4) is 0 Å². The number of hydrogen-bond acceptors (Lipinski definition) is 3. The van der Waals surface area contributed by atoms with Crippen LogP contribution in [0, 0.1) is 0 Å². The Balaban J connectivity index is 1.88. The Kier molecular flexibility index (Phi) is 3.27. The summed E-state index contributed by atoms with van der Waals surface area (Å²) in [6, 6.07) is 5.67. The first-order chi connectivity index (χ1) is 8.15. The summed E-state index contributed by atoms with van der Waals surface area (Å²) >= 11 is 0. The maximum Gasteiger partial charge on any atom is 0.303 e. The zero-order valence-corrected chi connectivity index (χ0v) is 9.32. The fourth-order valence-electron chi connectivity index (χ4n) is 1.81. The molecule has 2 rings (SSSR count). The summed E-state index contributed by atoms with van der Waals surface area (Å²) in [5.41, 5.74) is 2.77. The molecule has 1 heterocycles. The highest BCUT2D eigenvalue weighted by Gasteiger charge is 2.17. The van der Waals surface area contributed by atoms with Crippen LogP contribution in [-0.2, 0) is 16.0 Å². The number of anilines is 2. The van der Waals surface area contributed by atoms with Crippen LogP contribution in [0.1, 0.15) is 18.4 Å². The van der Waals surface area contributed by atoms with Gasteiger partial charge in [-0.05, 0) is 30.2 Å². The molecule has 5 heteroatoms. The lowest BCUT2D eigenvalue weighted by atomic mass is 10.1. The molecule has 1 amide bonds. The van der Waals surface area contributed by atoms with Gasteiger partial charge in [0.2, 0.25) is 5.91 Å². The summed E-state index contributed by atoms with van der Waals surface area (Å²) in [5, 5.41) is 14.4. The van der Waals surface area contributed by atoms with E-state index in [1.807, 2.05) is 18.2 Å². The van der Waals surface area contributed by atoms with Gasteiger partial charge in [-0.2, -0.15) is 0 Å². The van der Waals surface area contributed by atoms with Gasteiger partial charge in [0.25, 0.3) is 0 Å². The number of benzene rings is 1. The third kappa shape index (κ3) is 2.96. The second-order valence-electron chi connectivity index (χ2n) is 4.02. The normalized spacial score (nSPS) is 13.1. The molecule has 17 heavy (non-hydrogen) atoms. The van der Waals surface area contributed by atoms with Crippen LogP contribution in [0.5, 0.6) is 0 Å². The summed E-state index contributed by atoms with van der Waals surface area (Å²) in [7, 11) is 0. The Morgan fingerprint density at radius 1 is 1.47 bits per heavy atom. The highest BCUT2D eigenvalue weighted by Crippen LogP contribution is 2.25. The molecule has 1 aromatic carbocycles. The molecule has 0 atom stereocenters. The van der Waals surface area contributed by atoms with Crippen molar-refractivity contribution in [3.63, 3.8) is 0 Å². The first kappa shape index (κ1) is 11.4. The Morgan fingerprint density at radius 2 is 2.29 bits per heavy atom. The number of amides is 1. The zero-order chi connectivity index (χ0) is 12.3. The largest absolute Gasteiger partial charge is 0.481 e. The van der Waals surface area contributed by atoms with Gasteiger partial charge < -0.3 is 15.7 Å². The third-order valence-corrected chi connectivity index (χ3v) is 2.63. The van der Waals surface area contributed by atoms with Crippen molar-refractivity contribution in [1.29, 1.82) is 0 Å². The Labute approximate surface area is 98.8 Å². The SMILES string of the molecule is O=C(O)CCCNc1ccc2c(c1)CC(=O)N2. The number of hydrogen-bond donors (Lipinski definition) is 3. The van der Waals surface area contributed by atoms with Crippen molar-refractivity contribution in [1.82, 2.24) is 0 Å². The molecule has 0 saturated heterocycles. The van der Waals surface area contributed by atoms with E-state index in [-0.39, 0.29) is 12.3 Å². The predicted molar refractivity (Wildman–Crippen MR) is 64.1 cm³/mol. The summed E-state index contributed by atoms with van der Waals surface area (Å²) < 4.78 is 0. The molecule has 3 N–H and O–H groups in total. The molecule has 0 saturated carbocycles. The van der Waals surface area contributed by atoms with E-state index in [4.69, 9.17) is 5.11 Å². The van der Waals surface area contributed by atoms with Gasteiger partial charge >= 0.3 is 5.97 Å². The number of carboxylic acids is 1. The average molecular weight is 234 g/mol. The summed E-state index contributed by atoms with van der Waals surface area (Å²) in [5.74, 6) is -0.765. The van der Waals surface area contributed by atoms with Crippen LogP contribution in [0.3, 0.4) is 0 Å². The minimum atomic E-state index is -0.782. The second kappa shape index (κ2) is 4.86. The number of nitrogens with one attached hydrogen (secondary N) is 2. The van der Waals surface area contributed by atoms with E-state index in [1.54, 1.807) is 0 Å². The smallest absolute Gasteiger partial charge is 0.303 e. The molecule has 0 radical (unpaired) electrons. The van der Waals surface area contributed by atoms with Gasteiger partial charge in [0.15, 0.2) is 0 Å². The Morgan fingerprint density at radius 3 is 3.06 bits per heavy atom. The molecule has 0 aromatic heterocycles.